The topological polar surface area (TPSA) is 29.5 Å². The zero-order valence-electron chi connectivity index (χ0n) is 32.0. The Labute approximate surface area is 294 Å². The zero-order chi connectivity index (χ0) is 34.3. The molecular weight excluding hydrogens is 574 g/mol. The number of hydrogen-bond donors (Lipinski definition) is 0. The third-order valence-corrected chi connectivity index (χ3v) is 8.79. The van der Waals surface area contributed by atoms with Crippen molar-refractivity contribution in [3.63, 3.8) is 0 Å². The van der Waals surface area contributed by atoms with Crippen LogP contribution in [0.15, 0.2) is 36.5 Å². The molecule has 3 heteroatoms. The zero-order valence-corrected chi connectivity index (χ0v) is 32.0. The fourth-order valence-electron chi connectivity index (χ4n) is 5.78. The quantitative estimate of drug-likeness (QED) is 0.0299. The van der Waals surface area contributed by atoms with Gasteiger partial charge in [-0.3, -0.25) is 4.79 Å². The molecule has 0 aliphatic carbocycles. The summed E-state index contributed by atoms with van der Waals surface area (Å²) in [7, 11) is 4.12. The van der Waals surface area contributed by atoms with Crippen LogP contribution in [0.3, 0.4) is 0 Å². The lowest BCUT2D eigenvalue weighted by Gasteiger charge is -2.18. The summed E-state index contributed by atoms with van der Waals surface area (Å²) >= 11 is 0. The highest BCUT2D eigenvalue weighted by molar-refractivity contribution is 5.69. The predicted octanol–water partition coefficient (Wildman–Crippen LogP) is 13.5. The summed E-state index contributed by atoms with van der Waals surface area (Å²) in [4.78, 5) is 14.7. The van der Waals surface area contributed by atoms with Crippen molar-refractivity contribution >= 4 is 5.97 Å². The first-order valence-electron chi connectivity index (χ1n) is 20.3. The van der Waals surface area contributed by atoms with Crippen LogP contribution in [0.1, 0.15) is 200 Å². The SMILES string of the molecule is CCCCC/C=C\C/C=C\CCCCCCCCC(CCCCCCCCC#CCC/C=C\CCCCC)OC(=O)CCCN(C)C. The van der Waals surface area contributed by atoms with E-state index in [0.717, 1.165) is 51.5 Å². The summed E-state index contributed by atoms with van der Waals surface area (Å²) in [6.07, 6.45) is 48.6. The first-order valence-corrected chi connectivity index (χ1v) is 20.3. The molecule has 0 fully saturated rings. The maximum atomic E-state index is 12.5. The molecule has 0 bridgehead atoms. The van der Waals surface area contributed by atoms with Gasteiger partial charge in [0.05, 0.1) is 0 Å². The van der Waals surface area contributed by atoms with Gasteiger partial charge < -0.3 is 9.64 Å². The van der Waals surface area contributed by atoms with E-state index in [1.165, 1.54) is 135 Å². The van der Waals surface area contributed by atoms with Crippen LogP contribution in [0.4, 0.5) is 0 Å². The van der Waals surface area contributed by atoms with Gasteiger partial charge in [-0.15, -0.1) is 11.8 Å². The van der Waals surface area contributed by atoms with Gasteiger partial charge in [0.15, 0.2) is 0 Å². The highest BCUT2D eigenvalue weighted by atomic mass is 16.5. The molecule has 0 aliphatic heterocycles. The molecule has 47 heavy (non-hydrogen) atoms. The molecule has 0 spiro atoms. The summed E-state index contributed by atoms with van der Waals surface area (Å²) in [6.45, 7) is 5.45. The summed E-state index contributed by atoms with van der Waals surface area (Å²) < 4.78 is 6.00. The van der Waals surface area contributed by atoms with Crippen LogP contribution in [0, 0.1) is 11.8 Å². The monoisotopic (exact) mass is 654 g/mol. The molecule has 0 saturated heterocycles. The van der Waals surface area contributed by atoms with E-state index in [0.29, 0.717) is 6.42 Å². The van der Waals surface area contributed by atoms with E-state index < -0.39 is 0 Å². The van der Waals surface area contributed by atoms with Crippen molar-refractivity contribution in [3.8, 4) is 11.8 Å². The highest BCUT2D eigenvalue weighted by Gasteiger charge is 2.14. The Balaban J connectivity index is 4.02. The lowest BCUT2D eigenvalue weighted by atomic mass is 10.0. The maximum Gasteiger partial charge on any atom is 0.306 e. The predicted molar refractivity (Wildman–Crippen MR) is 209 cm³/mol. The molecule has 1 unspecified atom stereocenters. The molecule has 0 aromatic carbocycles. The van der Waals surface area contributed by atoms with E-state index in [1.807, 2.05) is 0 Å². The van der Waals surface area contributed by atoms with Gasteiger partial charge in [-0.2, -0.15) is 0 Å². The normalized spacial score (nSPS) is 12.4. The molecule has 0 aromatic heterocycles. The first-order chi connectivity index (χ1) is 23.1. The van der Waals surface area contributed by atoms with Crippen molar-refractivity contribution in [2.45, 2.75) is 206 Å². The number of ether oxygens (including phenoxy) is 1. The maximum absolute atomic E-state index is 12.5. The Morgan fingerprint density at radius 1 is 0.553 bits per heavy atom. The van der Waals surface area contributed by atoms with E-state index in [9.17, 15) is 4.79 Å². The van der Waals surface area contributed by atoms with Crippen molar-refractivity contribution < 1.29 is 9.53 Å². The second-order valence-electron chi connectivity index (χ2n) is 13.9. The van der Waals surface area contributed by atoms with Crippen molar-refractivity contribution in [1.29, 1.82) is 0 Å². The molecule has 0 N–H and O–H groups in total. The Kier molecular flexibility index (Phi) is 37.2. The van der Waals surface area contributed by atoms with Crippen LogP contribution in [0.5, 0.6) is 0 Å². The molecule has 0 heterocycles. The molecule has 272 valence electrons. The molecule has 3 nitrogen and oxygen atoms in total. The van der Waals surface area contributed by atoms with Gasteiger partial charge in [0.2, 0.25) is 0 Å². The lowest BCUT2D eigenvalue weighted by molar-refractivity contribution is -0.150. The van der Waals surface area contributed by atoms with E-state index in [1.54, 1.807) is 0 Å². The van der Waals surface area contributed by atoms with Crippen LogP contribution in [-0.2, 0) is 9.53 Å². The van der Waals surface area contributed by atoms with Gasteiger partial charge in [0.1, 0.15) is 6.10 Å². The lowest BCUT2D eigenvalue weighted by Crippen LogP contribution is -2.20. The minimum absolute atomic E-state index is 0.000920. The Hall–Kier alpha value is -1.79. The number of carbonyl (C=O) groups excluding carboxylic acids is 1. The molecule has 0 amide bonds. The number of rotatable bonds is 34. The van der Waals surface area contributed by atoms with Crippen molar-refractivity contribution in [2.24, 2.45) is 0 Å². The van der Waals surface area contributed by atoms with Gasteiger partial charge >= 0.3 is 5.97 Å². The molecule has 0 rings (SSSR count). The van der Waals surface area contributed by atoms with Crippen LogP contribution >= 0.6 is 0 Å². The van der Waals surface area contributed by atoms with Gasteiger partial charge in [0, 0.05) is 19.3 Å². The number of esters is 1. The van der Waals surface area contributed by atoms with E-state index in [4.69, 9.17) is 4.74 Å². The number of nitrogens with zero attached hydrogens (tertiary/aromatic N) is 1. The van der Waals surface area contributed by atoms with E-state index in [2.05, 4.69) is 81.1 Å². The standard InChI is InChI=1S/C44H79NO2/c1-5-7-9-11-13-15-17-19-21-23-25-27-29-31-33-35-37-40-43(47-44(46)41-38-42-45(3)4)39-36-34-32-30-28-26-24-22-20-18-16-14-12-10-8-6-2/h13-16,20,22,43H,5-12,17-19,24-42H2,1-4H3/b15-13-,16-14-,22-20-. The smallest absolute Gasteiger partial charge is 0.306 e. The molecule has 0 aromatic rings. The van der Waals surface area contributed by atoms with Crippen LogP contribution in [-0.4, -0.2) is 37.6 Å². The summed E-state index contributed by atoms with van der Waals surface area (Å²) in [5, 5.41) is 0. The van der Waals surface area contributed by atoms with Crippen molar-refractivity contribution in [2.75, 3.05) is 20.6 Å². The van der Waals surface area contributed by atoms with Crippen LogP contribution in [0.25, 0.3) is 0 Å². The first kappa shape index (κ1) is 45.2. The average molecular weight is 654 g/mol. The number of carbonyl (C=O) groups is 1. The Bertz CT molecular complexity index is 799. The number of allylic oxidation sites excluding steroid dienone is 6. The molecule has 1 atom stereocenters. The number of unbranched alkanes of at least 4 members (excludes halogenated alkanes) is 19. The Morgan fingerprint density at radius 2 is 1.02 bits per heavy atom. The molecular formula is C44H79NO2. The van der Waals surface area contributed by atoms with E-state index in [-0.39, 0.29) is 12.1 Å². The average Bonchev–Trinajstić information content (AvgIpc) is 3.05. The van der Waals surface area contributed by atoms with Crippen LogP contribution in [0.2, 0.25) is 0 Å². The second kappa shape index (κ2) is 38.7. The fourth-order valence-corrected chi connectivity index (χ4v) is 5.78. The minimum Gasteiger partial charge on any atom is -0.462 e. The highest BCUT2D eigenvalue weighted by Crippen LogP contribution is 2.18. The van der Waals surface area contributed by atoms with Gasteiger partial charge in [-0.05, 0) is 111 Å². The molecule has 0 radical (unpaired) electrons. The third-order valence-electron chi connectivity index (χ3n) is 8.79. The van der Waals surface area contributed by atoms with Crippen LogP contribution < -0.4 is 0 Å². The van der Waals surface area contributed by atoms with E-state index >= 15 is 0 Å². The second-order valence-corrected chi connectivity index (χ2v) is 13.9. The van der Waals surface area contributed by atoms with Crippen molar-refractivity contribution in [1.82, 2.24) is 4.90 Å². The fraction of sp³-hybridized carbons (Fsp3) is 0.795. The largest absolute Gasteiger partial charge is 0.462 e. The number of hydrogen-bond acceptors (Lipinski definition) is 3. The summed E-state index contributed by atoms with van der Waals surface area (Å²) in [5.41, 5.74) is 0. The van der Waals surface area contributed by atoms with Gasteiger partial charge in [0.25, 0.3) is 0 Å². The summed E-state index contributed by atoms with van der Waals surface area (Å²) in [5.74, 6) is 6.71. The molecule has 0 saturated carbocycles. The van der Waals surface area contributed by atoms with Crippen molar-refractivity contribution in [3.05, 3.63) is 36.5 Å². The van der Waals surface area contributed by atoms with Gasteiger partial charge in [-0.1, -0.05) is 127 Å². The van der Waals surface area contributed by atoms with Gasteiger partial charge in [-0.25, -0.2) is 0 Å². The molecule has 0 aliphatic rings. The third kappa shape index (κ3) is 38.5. The minimum atomic E-state index is 0.000920. The Morgan fingerprint density at radius 3 is 1.60 bits per heavy atom. The summed E-state index contributed by atoms with van der Waals surface area (Å²) in [6, 6.07) is 0.